The van der Waals surface area contributed by atoms with Gasteiger partial charge in [0.25, 0.3) is 0 Å². The molecule has 44 heavy (non-hydrogen) atoms. The highest BCUT2D eigenvalue weighted by molar-refractivity contribution is 5.73. The zero-order chi connectivity index (χ0) is 32.7. The van der Waals surface area contributed by atoms with E-state index in [1.807, 2.05) is 84.0 Å². The maximum atomic E-state index is 11.9. The summed E-state index contributed by atoms with van der Waals surface area (Å²) < 4.78 is 31.8. The Labute approximate surface area is 261 Å². The molecule has 0 saturated carbocycles. The smallest absolute Gasteiger partial charge is 0.410 e. The molecule has 0 radical (unpaired) electrons. The van der Waals surface area contributed by atoms with Crippen molar-refractivity contribution in [3.63, 3.8) is 0 Å². The van der Waals surface area contributed by atoms with Crippen molar-refractivity contribution in [3.8, 4) is 23.0 Å². The molecular formula is C34H48N2O8. The molecule has 10 nitrogen and oxygen atoms in total. The normalized spacial score (nSPS) is 14.7. The topological polar surface area (TPSA) is 96.0 Å². The molecule has 0 N–H and O–H groups in total. The second-order valence-electron chi connectivity index (χ2n) is 13.0. The minimum atomic E-state index is -0.462. The zero-order valence-corrected chi connectivity index (χ0v) is 27.8. The van der Waals surface area contributed by atoms with Gasteiger partial charge in [0.1, 0.15) is 34.2 Å². The number of rotatable bonds is 7. The average molecular weight is 613 g/mol. The number of amides is 2. The van der Waals surface area contributed by atoms with E-state index in [1.54, 1.807) is 38.2 Å². The minimum Gasteiger partial charge on any atom is -0.497 e. The highest BCUT2D eigenvalue weighted by Crippen LogP contribution is 2.29. The molecule has 2 aromatic rings. The number of ether oxygens (including phenoxy) is 6. The highest BCUT2D eigenvalue weighted by Gasteiger charge is 2.34. The first-order valence-electron chi connectivity index (χ1n) is 14.7. The van der Waals surface area contributed by atoms with Crippen LogP contribution in [-0.2, 0) is 15.9 Å². The zero-order valence-electron chi connectivity index (χ0n) is 27.8. The third-order valence-corrected chi connectivity index (χ3v) is 6.73. The van der Waals surface area contributed by atoms with Gasteiger partial charge >= 0.3 is 12.2 Å². The van der Waals surface area contributed by atoms with Gasteiger partial charge in [0.05, 0.1) is 28.4 Å². The van der Waals surface area contributed by atoms with Crippen molar-refractivity contribution in [2.75, 3.05) is 54.6 Å². The third-order valence-electron chi connectivity index (χ3n) is 6.73. The van der Waals surface area contributed by atoms with Gasteiger partial charge in [-0.1, -0.05) is 6.08 Å². The summed E-state index contributed by atoms with van der Waals surface area (Å²) >= 11 is 0. The van der Waals surface area contributed by atoms with Crippen molar-refractivity contribution < 1.29 is 38.0 Å². The van der Waals surface area contributed by atoms with Crippen molar-refractivity contribution >= 4 is 18.3 Å². The first kappa shape index (κ1) is 34.4. The Hall–Kier alpha value is -4.08. The van der Waals surface area contributed by atoms with E-state index in [0.29, 0.717) is 19.0 Å². The molecule has 2 heterocycles. The summed E-state index contributed by atoms with van der Waals surface area (Å²) in [5.74, 6) is 3.52. The Morgan fingerprint density at radius 1 is 0.682 bits per heavy atom. The van der Waals surface area contributed by atoms with E-state index in [1.165, 1.54) is 5.57 Å². The molecule has 4 rings (SSSR count). The summed E-state index contributed by atoms with van der Waals surface area (Å²) in [4.78, 5) is 27.2. The molecule has 2 aliphatic rings. The molecule has 0 bridgehead atoms. The summed E-state index contributed by atoms with van der Waals surface area (Å²) in [6, 6.07) is 11.6. The molecule has 0 aliphatic carbocycles. The molecule has 0 spiro atoms. The summed E-state index contributed by atoms with van der Waals surface area (Å²) in [5.41, 5.74) is 2.42. The number of nitrogens with zero attached hydrogens (tertiary/aromatic N) is 2. The highest BCUT2D eigenvalue weighted by atomic mass is 16.6. The van der Waals surface area contributed by atoms with Crippen LogP contribution in [0.1, 0.15) is 52.7 Å². The molecule has 0 aromatic heterocycles. The third kappa shape index (κ3) is 10.6. The van der Waals surface area contributed by atoms with E-state index in [0.717, 1.165) is 53.6 Å². The molecule has 10 heteroatoms. The lowest BCUT2D eigenvalue weighted by molar-refractivity contribution is -0.000933. The summed E-state index contributed by atoms with van der Waals surface area (Å²) in [6.07, 6.45) is 2.44. The summed E-state index contributed by atoms with van der Waals surface area (Å²) in [6.45, 7) is 13.9. The van der Waals surface area contributed by atoms with Crippen LogP contribution in [0.2, 0.25) is 0 Å². The SMILES string of the molecule is COc1cc(C=C2CN(C(=O)OC(C)(C)C)C2)cc(OC)c1.COc1cc(CC2CN(C(=O)OC(C)(C)C)C2)cc(OC)c1. The Kier molecular flexibility index (Phi) is 11.4. The second kappa shape index (κ2) is 14.6. The fourth-order valence-electron chi connectivity index (χ4n) is 4.63. The van der Waals surface area contributed by atoms with E-state index in [9.17, 15) is 9.59 Å². The molecular weight excluding hydrogens is 564 g/mol. The Morgan fingerprint density at radius 2 is 1.09 bits per heavy atom. The van der Waals surface area contributed by atoms with Crippen LogP contribution < -0.4 is 18.9 Å². The Balaban J connectivity index is 0.000000240. The fourth-order valence-corrected chi connectivity index (χ4v) is 4.63. The fraction of sp³-hybridized carbons (Fsp3) is 0.529. The predicted octanol–water partition coefficient (Wildman–Crippen LogP) is 6.45. The van der Waals surface area contributed by atoms with Gasteiger partial charge in [-0.05, 0) is 94.8 Å². The van der Waals surface area contributed by atoms with Crippen LogP contribution in [0.25, 0.3) is 6.08 Å². The summed E-state index contributed by atoms with van der Waals surface area (Å²) in [7, 11) is 6.54. The number of hydrogen-bond donors (Lipinski definition) is 0. The van der Waals surface area contributed by atoms with E-state index in [2.05, 4.69) is 0 Å². The van der Waals surface area contributed by atoms with Gasteiger partial charge in [0.2, 0.25) is 0 Å². The van der Waals surface area contributed by atoms with Crippen molar-refractivity contribution in [1.29, 1.82) is 0 Å². The van der Waals surface area contributed by atoms with Crippen molar-refractivity contribution in [2.24, 2.45) is 5.92 Å². The van der Waals surface area contributed by atoms with Gasteiger partial charge in [-0.2, -0.15) is 0 Å². The van der Waals surface area contributed by atoms with Crippen LogP contribution in [0.5, 0.6) is 23.0 Å². The van der Waals surface area contributed by atoms with Crippen LogP contribution in [0.15, 0.2) is 42.0 Å². The van der Waals surface area contributed by atoms with Gasteiger partial charge in [0, 0.05) is 38.3 Å². The van der Waals surface area contributed by atoms with Crippen LogP contribution >= 0.6 is 0 Å². The van der Waals surface area contributed by atoms with Gasteiger partial charge in [0.15, 0.2) is 0 Å². The molecule has 242 valence electrons. The van der Waals surface area contributed by atoms with Crippen molar-refractivity contribution in [2.45, 2.75) is 59.2 Å². The monoisotopic (exact) mass is 612 g/mol. The number of hydrogen-bond acceptors (Lipinski definition) is 8. The van der Waals surface area contributed by atoms with Gasteiger partial charge < -0.3 is 38.2 Å². The van der Waals surface area contributed by atoms with Crippen LogP contribution in [-0.4, -0.2) is 87.8 Å². The molecule has 2 saturated heterocycles. The molecule has 2 fully saturated rings. The minimum absolute atomic E-state index is 0.230. The van der Waals surface area contributed by atoms with E-state index in [4.69, 9.17) is 28.4 Å². The number of likely N-dealkylation sites (tertiary alicyclic amines) is 2. The molecule has 2 aromatic carbocycles. The number of benzene rings is 2. The van der Waals surface area contributed by atoms with Crippen LogP contribution in [0, 0.1) is 5.92 Å². The van der Waals surface area contributed by atoms with Gasteiger partial charge in [-0.25, -0.2) is 9.59 Å². The quantitative estimate of drug-likeness (QED) is 0.352. The predicted molar refractivity (Wildman–Crippen MR) is 170 cm³/mol. The molecule has 2 amide bonds. The number of carbonyl (C=O) groups excluding carboxylic acids is 2. The van der Waals surface area contributed by atoms with Gasteiger partial charge in [-0.3, -0.25) is 0 Å². The average Bonchev–Trinajstić information content (AvgIpc) is 2.89. The second-order valence-corrected chi connectivity index (χ2v) is 13.0. The molecule has 0 unspecified atom stereocenters. The van der Waals surface area contributed by atoms with Crippen molar-refractivity contribution in [1.82, 2.24) is 9.80 Å². The molecule has 0 atom stereocenters. The van der Waals surface area contributed by atoms with E-state index < -0.39 is 11.2 Å². The van der Waals surface area contributed by atoms with E-state index >= 15 is 0 Å². The Morgan fingerprint density at radius 3 is 1.50 bits per heavy atom. The van der Waals surface area contributed by atoms with E-state index in [-0.39, 0.29) is 12.2 Å². The van der Waals surface area contributed by atoms with Gasteiger partial charge in [-0.15, -0.1) is 0 Å². The summed E-state index contributed by atoms with van der Waals surface area (Å²) in [5, 5.41) is 0. The largest absolute Gasteiger partial charge is 0.497 e. The lowest BCUT2D eigenvalue weighted by atomic mass is 9.92. The van der Waals surface area contributed by atoms with Crippen molar-refractivity contribution in [3.05, 3.63) is 53.1 Å². The first-order chi connectivity index (χ1) is 20.6. The lowest BCUT2D eigenvalue weighted by Crippen LogP contribution is -2.52. The maximum Gasteiger partial charge on any atom is 0.410 e. The lowest BCUT2D eigenvalue weighted by Gasteiger charge is -2.40. The maximum absolute atomic E-state index is 11.9. The Bertz CT molecular complexity index is 1270. The number of methoxy groups -OCH3 is 4. The molecule has 2 aliphatic heterocycles. The first-order valence-corrected chi connectivity index (χ1v) is 14.7. The number of carbonyl (C=O) groups is 2. The standard InChI is InChI=1S/C17H25NO4.C17H23NO4/c2*1-17(2,3)22-16(19)18-10-13(11-18)6-12-7-14(20-4)9-15(8-12)21-5/h7-9,13H,6,10-11H2,1-5H3;6-9H,10-11H2,1-5H3. The van der Waals surface area contributed by atoms with Crippen LogP contribution in [0.4, 0.5) is 9.59 Å². The van der Waals surface area contributed by atoms with Crippen LogP contribution in [0.3, 0.4) is 0 Å².